The average molecular weight is 344 g/mol. The van der Waals surface area contributed by atoms with Gasteiger partial charge in [-0.3, -0.25) is 9.80 Å². The third kappa shape index (κ3) is 3.23. The van der Waals surface area contributed by atoms with Crippen LogP contribution < -0.4 is 10.6 Å². The minimum Gasteiger partial charge on any atom is -0.393 e. The van der Waals surface area contributed by atoms with Crippen LogP contribution in [-0.2, 0) is 4.84 Å². The zero-order valence-electron chi connectivity index (χ0n) is 15.3. The monoisotopic (exact) mass is 344 g/mol. The predicted octanol–water partition coefficient (Wildman–Crippen LogP) is 3.31. The van der Waals surface area contributed by atoms with Crippen molar-refractivity contribution in [3.05, 3.63) is 29.8 Å². The van der Waals surface area contributed by atoms with Crippen LogP contribution in [-0.4, -0.2) is 42.0 Å². The summed E-state index contributed by atoms with van der Waals surface area (Å²) in [7, 11) is 2.12. The second-order valence-electron chi connectivity index (χ2n) is 7.30. The number of carbonyl (C=O) groups excluding carboxylic acids is 1. The number of rotatable bonds is 5. The predicted molar refractivity (Wildman–Crippen MR) is 99.7 cm³/mol. The Bertz CT molecular complexity index is 657. The number of carbonyl (C=O) groups is 1. The van der Waals surface area contributed by atoms with Crippen LogP contribution in [0.25, 0.3) is 0 Å². The Labute approximate surface area is 149 Å². The van der Waals surface area contributed by atoms with Gasteiger partial charge in [-0.05, 0) is 59.1 Å². The van der Waals surface area contributed by atoms with Gasteiger partial charge in [0.15, 0.2) is 0 Å². The summed E-state index contributed by atoms with van der Waals surface area (Å²) in [5.41, 5.74) is 7.16. The Balaban J connectivity index is 2.00. The second kappa shape index (κ2) is 7.04. The highest BCUT2D eigenvalue weighted by atomic mass is 16.6. The fraction of sp³-hybridized carbons (Fsp3) is 0.579. The number of anilines is 1. The Morgan fingerprint density at radius 2 is 2.16 bits per heavy atom. The molecular formula is C19H28N4O2. The van der Waals surface area contributed by atoms with Crippen LogP contribution in [0.2, 0.25) is 0 Å². The number of piperidine rings is 1. The van der Waals surface area contributed by atoms with Gasteiger partial charge in [0.25, 0.3) is 0 Å². The maximum Gasteiger partial charge on any atom is 0.320 e. The van der Waals surface area contributed by atoms with Crippen LogP contribution in [0.4, 0.5) is 10.5 Å². The van der Waals surface area contributed by atoms with E-state index in [1.54, 1.807) is 11.1 Å². The number of fused-ring (bicyclic) bond motifs is 2. The van der Waals surface area contributed by atoms with E-state index in [-0.39, 0.29) is 11.8 Å². The molecule has 2 saturated heterocycles. The maximum atomic E-state index is 12.5. The molecule has 2 fully saturated rings. The van der Waals surface area contributed by atoms with E-state index >= 15 is 0 Å². The first-order valence-corrected chi connectivity index (χ1v) is 9.06. The van der Waals surface area contributed by atoms with Crippen LogP contribution in [0.1, 0.15) is 51.5 Å². The third-order valence-corrected chi connectivity index (χ3v) is 5.47. The largest absolute Gasteiger partial charge is 0.393 e. The summed E-state index contributed by atoms with van der Waals surface area (Å²) in [6.45, 7) is 3.85. The number of para-hydroxylation sites is 1. The molecule has 0 spiro atoms. The van der Waals surface area contributed by atoms with Gasteiger partial charge in [0.1, 0.15) is 11.8 Å². The van der Waals surface area contributed by atoms with E-state index in [0.29, 0.717) is 6.04 Å². The molecule has 2 unspecified atom stereocenters. The van der Waals surface area contributed by atoms with Gasteiger partial charge < -0.3 is 10.6 Å². The molecule has 6 heteroatoms. The number of hydrogen-bond acceptors (Lipinski definition) is 4. The molecule has 2 aliphatic heterocycles. The quantitative estimate of drug-likeness (QED) is 0.658. The summed E-state index contributed by atoms with van der Waals surface area (Å²) in [4.78, 5) is 21.9. The van der Waals surface area contributed by atoms with E-state index < -0.39 is 6.03 Å². The van der Waals surface area contributed by atoms with Gasteiger partial charge in [-0.1, -0.05) is 23.4 Å². The van der Waals surface area contributed by atoms with Gasteiger partial charge in [0, 0.05) is 11.6 Å². The lowest BCUT2D eigenvalue weighted by atomic mass is 9.94. The zero-order chi connectivity index (χ0) is 18.0. The van der Waals surface area contributed by atoms with Crippen LogP contribution in [0.15, 0.2) is 29.4 Å². The fourth-order valence-corrected chi connectivity index (χ4v) is 4.31. The van der Waals surface area contributed by atoms with Gasteiger partial charge in [-0.25, -0.2) is 4.79 Å². The molecule has 2 atom stereocenters. The smallest absolute Gasteiger partial charge is 0.320 e. The Morgan fingerprint density at radius 3 is 2.88 bits per heavy atom. The normalized spacial score (nSPS) is 26.3. The average Bonchev–Trinajstić information content (AvgIpc) is 2.74. The Hall–Kier alpha value is -2.08. The van der Waals surface area contributed by atoms with Crippen molar-refractivity contribution in [1.82, 2.24) is 4.90 Å². The van der Waals surface area contributed by atoms with Crippen molar-refractivity contribution in [3.8, 4) is 0 Å². The number of oxime groups is 1. The first-order chi connectivity index (χ1) is 12.0. The zero-order valence-corrected chi connectivity index (χ0v) is 15.3. The van der Waals surface area contributed by atoms with E-state index in [0.717, 1.165) is 36.9 Å². The van der Waals surface area contributed by atoms with Crippen LogP contribution in [0, 0.1) is 0 Å². The van der Waals surface area contributed by atoms with Gasteiger partial charge >= 0.3 is 6.03 Å². The standard InChI is InChI=1S/C19H28N4O2/c1-14(2)25-21-13-15-7-4-5-9-17(15)23(18(20)24)19-11-6-8-16(10-12-19)22(19)3/h4-5,7,9,13-14,16H,6,8,10-12H2,1-3H3,(H2,20,24). The summed E-state index contributed by atoms with van der Waals surface area (Å²) in [5, 5.41) is 4.05. The maximum absolute atomic E-state index is 12.5. The Kier molecular flexibility index (Phi) is 4.99. The highest BCUT2D eigenvalue weighted by molar-refractivity contribution is 5.99. The minimum absolute atomic E-state index is 0.00863. The molecule has 136 valence electrons. The molecular weight excluding hydrogens is 316 g/mol. The van der Waals surface area contributed by atoms with Crippen molar-refractivity contribution in [1.29, 1.82) is 0 Å². The molecule has 1 aromatic rings. The van der Waals surface area contributed by atoms with E-state index in [1.807, 2.05) is 38.1 Å². The van der Waals surface area contributed by atoms with Crippen molar-refractivity contribution in [2.45, 2.75) is 63.8 Å². The lowest BCUT2D eigenvalue weighted by molar-refractivity contribution is 0.0837. The molecule has 0 radical (unpaired) electrons. The molecule has 25 heavy (non-hydrogen) atoms. The SMILES string of the molecule is CC(C)ON=Cc1ccccc1N(C(N)=O)C12CCCC(CC1)N2C. The van der Waals surface area contributed by atoms with Crippen molar-refractivity contribution in [2.75, 3.05) is 11.9 Å². The lowest BCUT2D eigenvalue weighted by Crippen LogP contribution is -2.63. The molecule has 2 amide bonds. The lowest BCUT2D eigenvalue weighted by Gasteiger charge is -2.49. The number of urea groups is 1. The summed E-state index contributed by atoms with van der Waals surface area (Å²) in [5.74, 6) is 0. The molecule has 2 aliphatic rings. The minimum atomic E-state index is -0.417. The van der Waals surface area contributed by atoms with Crippen LogP contribution in [0.3, 0.4) is 0 Å². The number of benzene rings is 1. The summed E-state index contributed by atoms with van der Waals surface area (Å²) in [6.07, 6.45) is 6.97. The van der Waals surface area contributed by atoms with Crippen molar-refractivity contribution in [2.24, 2.45) is 10.9 Å². The molecule has 2 bridgehead atoms. The van der Waals surface area contributed by atoms with E-state index in [4.69, 9.17) is 10.6 Å². The van der Waals surface area contributed by atoms with Crippen molar-refractivity contribution < 1.29 is 9.63 Å². The van der Waals surface area contributed by atoms with Crippen LogP contribution in [0.5, 0.6) is 0 Å². The van der Waals surface area contributed by atoms with E-state index in [2.05, 4.69) is 17.1 Å². The molecule has 6 nitrogen and oxygen atoms in total. The molecule has 0 saturated carbocycles. The van der Waals surface area contributed by atoms with Gasteiger partial charge in [0.05, 0.1) is 11.9 Å². The molecule has 1 aromatic carbocycles. The highest BCUT2D eigenvalue weighted by Crippen LogP contribution is 2.47. The summed E-state index contributed by atoms with van der Waals surface area (Å²) in [6, 6.07) is 7.84. The third-order valence-electron chi connectivity index (χ3n) is 5.47. The van der Waals surface area contributed by atoms with Crippen molar-refractivity contribution in [3.63, 3.8) is 0 Å². The molecule has 2 heterocycles. The molecule has 0 aliphatic carbocycles. The molecule has 2 N–H and O–H groups in total. The van der Waals surface area contributed by atoms with Gasteiger partial charge in [-0.15, -0.1) is 0 Å². The number of primary amides is 1. The summed E-state index contributed by atoms with van der Waals surface area (Å²) < 4.78 is 0. The van der Waals surface area contributed by atoms with Crippen LogP contribution >= 0.6 is 0 Å². The van der Waals surface area contributed by atoms with E-state index in [1.165, 1.54) is 6.42 Å². The molecule has 3 rings (SSSR count). The van der Waals surface area contributed by atoms with E-state index in [9.17, 15) is 4.79 Å². The van der Waals surface area contributed by atoms with Gasteiger partial charge in [0.2, 0.25) is 0 Å². The topological polar surface area (TPSA) is 71.2 Å². The Morgan fingerprint density at radius 1 is 1.40 bits per heavy atom. The first-order valence-electron chi connectivity index (χ1n) is 9.06. The van der Waals surface area contributed by atoms with Crippen molar-refractivity contribution >= 4 is 17.9 Å². The first kappa shape index (κ1) is 17.7. The number of amides is 2. The fourth-order valence-electron chi connectivity index (χ4n) is 4.31. The number of nitrogens with zero attached hydrogens (tertiary/aromatic N) is 3. The summed E-state index contributed by atoms with van der Waals surface area (Å²) >= 11 is 0. The highest BCUT2D eigenvalue weighted by Gasteiger charge is 2.52. The number of nitrogens with two attached hydrogens (primary N) is 1. The molecule has 0 aromatic heterocycles. The number of hydrogen-bond donors (Lipinski definition) is 1. The second-order valence-corrected chi connectivity index (χ2v) is 7.30. The van der Waals surface area contributed by atoms with Gasteiger partial charge in [-0.2, -0.15) is 0 Å².